The molecule has 0 spiro atoms. The van der Waals surface area contributed by atoms with Gasteiger partial charge in [-0.1, -0.05) is 20.8 Å². The van der Waals surface area contributed by atoms with Crippen molar-refractivity contribution in [3.8, 4) is 0 Å². The zero-order valence-corrected chi connectivity index (χ0v) is 9.68. The van der Waals surface area contributed by atoms with E-state index in [0.717, 1.165) is 12.8 Å². The zero-order valence-electron chi connectivity index (χ0n) is 9.68. The van der Waals surface area contributed by atoms with Crippen LogP contribution in [-0.4, -0.2) is 17.5 Å². The maximum atomic E-state index is 11.8. The lowest BCUT2D eigenvalue weighted by Crippen LogP contribution is -2.58. The number of hydrogen-bond acceptors (Lipinski definition) is 2. The van der Waals surface area contributed by atoms with Gasteiger partial charge in [-0.25, -0.2) is 0 Å². The molecule has 0 aromatic carbocycles. The minimum absolute atomic E-state index is 0.0138. The van der Waals surface area contributed by atoms with Crippen LogP contribution in [-0.2, 0) is 4.79 Å². The van der Waals surface area contributed by atoms with Crippen LogP contribution in [0, 0.1) is 5.41 Å². The summed E-state index contributed by atoms with van der Waals surface area (Å²) in [5, 5.41) is 3.04. The zero-order chi connectivity index (χ0) is 11.0. The monoisotopic (exact) mass is 198 g/mol. The molecule has 0 aliphatic heterocycles. The molecule has 3 heteroatoms. The Morgan fingerprint density at radius 2 is 1.93 bits per heavy atom. The van der Waals surface area contributed by atoms with Gasteiger partial charge in [-0.15, -0.1) is 0 Å². The first-order valence-corrected chi connectivity index (χ1v) is 5.32. The first kappa shape index (κ1) is 11.5. The van der Waals surface area contributed by atoms with Gasteiger partial charge in [0.25, 0.3) is 0 Å². The Labute approximate surface area is 86.4 Å². The highest BCUT2D eigenvalue weighted by atomic mass is 16.2. The van der Waals surface area contributed by atoms with Crippen LogP contribution in [0.3, 0.4) is 0 Å². The van der Waals surface area contributed by atoms with E-state index in [0.29, 0.717) is 0 Å². The van der Waals surface area contributed by atoms with E-state index in [4.69, 9.17) is 5.73 Å². The molecular formula is C11H22N2O. The van der Waals surface area contributed by atoms with Crippen LogP contribution in [0.15, 0.2) is 0 Å². The third-order valence-electron chi connectivity index (χ3n) is 3.10. The Balaban J connectivity index is 2.50. The molecular weight excluding hydrogens is 176 g/mol. The van der Waals surface area contributed by atoms with Crippen molar-refractivity contribution < 1.29 is 4.79 Å². The van der Waals surface area contributed by atoms with Gasteiger partial charge < -0.3 is 11.1 Å². The lowest BCUT2D eigenvalue weighted by molar-refractivity contribution is -0.127. The SMILES string of the molecule is CC1(NC(=O)C(N)C(C)(C)C)CCC1. The van der Waals surface area contributed by atoms with E-state index < -0.39 is 6.04 Å². The van der Waals surface area contributed by atoms with Gasteiger partial charge in [-0.05, 0) is 31.6 Å². The highest BCUT2D eigenvalue weighted by molar-refractivity contribution is 5.83. The van der Waals surface area contributed by atoms with Crippen LogP contribution in [0.1, 0.15) is 47.0 Å². The second-order valence-electron chi connectivity index (χ2n) is 5.75. The number of carbonyl (C=O) groups excluding carboxylic acids is 1. The Morgan fingerprint density at radius 1 is 1.43 bits per heavy atom. The van der Waals surface area contributed by atoms with Crippen LogP contribution < -0.4 is 11.1 Å². The molecule has 0 aromatic rings. The summed E-state index contributed by atoms with van der Waals surface area (Å²) in [7, 11) is 0. The fourth-order valence-electron chi connectivity index (χ4n) is 1.60. The number of hydrogen-bond donors (Lipinski definition) is 2. The van der Waals surface area contributed by atoms with Gasteiger partial charge in [0, 0.05) is 5.54 Å². The topological polar surface area (TPSA) is 55.1 Å². The molecule has 0 bridgehead atoms. The molecule has 3 nitrogen and oxygen atoms in total. The molecule has 1 saturated carbocycles. The third kappa shape index (κ3) is 2.47. The predicted octanol–water partition coefficient (Wildman–Crippen LogP) is 1.42. The summed E-state index contributed by atoms with van der Waals surface area (Å²) in [5.41, 5.74) is 5.72. The van der Waals surface area contributed by atoms with Crippen LogP contribution in [0.25, 0.3) is 0 Å². The highest BCUT2D eigenvalue weighted by Crippen LogP contribution is 2.31. The number of nitrogens with two attached hydrogens (primary N) is 1. The number of rotatable bonds is 2. The van der Waals surface area contributed by atoms with Crippen molar-refractivity contribution in [2.24, 2.45) is 11.1 Å². The van der Waals surface area contributed by atoms with Gasteiger partial charge in [0.1, 0.15) is 0 Å². The second-order valence-corrected chi connectivity index (χ2v) is 5.75. The van der Waals surface area contributed by atoms with Crippen molar-refractivity contribution in [3.05, 3.63) is 0 Å². The Morgan fingerprint density at radius 3 is 2.21 bits per heavy atom. The first-order valence-electron chi connectivity index (χ1n) is 5.32. The summed E-state index contributed by atoms with van der Waals surface area (Å²) in [5.74, 6) is -0.0142. The molecule has 1 fully saturated rings. The van der Waals surface area contributed by atoms with Gasteiger partial charge in [0.2, 0.25) is 5.91 Å². The standard InChI is InChI=1S/C11H22N2O/c1-10(2,3)8(12)9(14)13-11(4)6-5-7-11/h8H,5-7,12H2,1-4H3,(H,13,14). The van der Waals surface area contributed by atoms with Crippen molar-refractivity contribution in [1.29, 1.82) is 0 Å². The average molecular weight is 198 g/mol. The highest BCUT2D eigenvalue weighted by Gasteiger charge is 2.36. The van der Waals surface area contributed by atoms with E-state index in [1.165, 1.54) is 6.42 Å². The maximum Gasteiger partial charge on any atom is 0.237 e. The Hall–Kier alpha value is -0.570. The van der Waals surface area contributed by atoms with E-state index in [9.17, 15) is 4.79 Å². The summed E-state index contributed by atoms with van der Waals surface area (Å²) >= 11 is 0. The molecule has 3 N–H and O–H groups in total. The minimum Gasteiger partial charge on any atom is -0.350 e. The van der Waals surface area contributed by atoms with Crippen molar-refractivity contribution >= 4 is 5.91 Å². The molecule has 1 atom stereocenters. The van der Waals surface area contributed by atoms with Gasteiger partial charge >= 0.3 is 0 Å². The number of nitrogens with one attached hydrogen (secondary N) is 1. The molecule has 1 rings (SSSR count). The van der Waals surface area contributed by atoms with E-state index in [2.05, 4.69) is 12.2 Å². The lowest BCUT2D eigenvalue weighted by Gasteiger charge is -2.41. The molecule has 1 aliphatic rings. The van der Waals surface area contributed by atoms with Crippen molar-refractivity contribution in [3.63, 3.8) is 0 Å². The number of carbonyl (C=O) groups is 1. The van der Waals surface area contributed by atoms with E-state index in [-0.39, 0.29) is 16.9 Å². The van der Waals surface area contributed by atoms with Crippen LogP contribution >= 0.6 is 0 Å². The summed E-state index contributed by atoms with van der Waals surface area (Å²) in [6, 6.07) is -0.417. The molecule has 1 amide bonds. The summed E-state index contributed by atoms with van der Waals surface area (Å²) in [6.07, 6.45) is 3.37. The lowest BCUT2D eigenvalue weighted by atomic mass is 9.77. The van der Waals surface area contributed by atoms with Gasteiger partial charge in [-0.2, -0.15) is 0 Å². The molecule has 0 saturated heterocycles. The molecule has 82 valence electrons. The Bertz CT molecular complexity index is 226. The summed E-state index contributed by atoms with van der Waals surface area (Å²) in [6.45, 7) is 8.05. The van der Waals surface area contributed by atoms with E-state index >= 15 is 0 Å². The third-order valence-corrected chi connectivity index (χ3v) is 3.10. The van der Waals surface area contributed by atoms with E-state index in [1.54, 1.807) is 0 Å². The quantitative estimate of drug-likeness (QED) is 0.705. The molecule has 0 heterocycles. The van der Waals surface area contributed by atoms with Crippen molar-refractivity contribution in [1.82, 2.24) is 5.32 Å². The van der Waals surface area contributed by atoms with Gasteiger partial charge in [-0.3, -0.25) is 4.79 Å². The van der Waals surface area contributed by atoms with Gasteiger partial charge in [0.15, 0.2) is 0 Å². The summed E-state index contributed by atoms with van der Waals surface area (Å²) in [4.78, 5) is 11.8. The molecule has 14 heavy (non-hydrogen) atoms. The fourth-order valence-corrected chi connectivity index (χ4v) is 1.60. The fraction of sp³-hybridized carbons (Fsp3) is 0.909. The average Bonchev–Trinajstić information content (AvgIpc) is 1.98. The van der Waals surface area contributed by atoms with E-state index in [1.807, 2.05) is 20.8 Å². The van der Waals surface area contributed by atoms with Gasteiger partial charge in [0.05, 0.1) is 6.04 Å². The van der Waals surface area contributed by atoms with Crippen LogP contribution in [0.2, 0.25) is 0 Å². The smallest absolute Gasteiger partial charge is 0.237 e. The van der Waals surface area contributed by atoms with Crippen LogP contribution in [0.5, 0.6) is 0 Å². The van der Waals surface area contributed by atoms with Crippen LogP contribution in [0.4, 0.5) is 0 Å². The predicted molar refractivity (Wildman–Crippen MR) is 57.8 cm³/mol. The minimum atomic E-state index is -0.417. The Kier molecular flexibility index (Phi) is 2.91. The largest absolute Gasteiger partial charge is 0.350 e. The van der Waals surface area contributed by atoms with Crippen molar-refractivity contribution in [2.45, 2.75) is 58.5 Å². The maximum absolute atomic E-state index is 11.8. The number of amides is 1. The molecule has 1 unspecified atom stereocenters. The molecule has 0 aromatic heterocycles. The molecule has 0 radical (unpaired) electrons. The second kappa shape index (κ2) is 3.54. The van der Waals surface area contributed by atoms with Crippen molar-refractivity contribution in [2.75, 3.05) is 0 Å². The summed E-state index contributed by atoms with van der Waals surface area (Å²) < 4.78 is 0. The molecule has 1 aliphatic carbocycles. The normalized spacial score (nSPS) is 22.4. The first-order chi connectivity index (χ1) is 6.25.